The van der Waals surface area contributed by atoms with Crippen molar-refractivity contribution < 1.29 is 9.59 Å². The van der Waals surface area contributed by atoms with E-state index >= 15 is 0 Å². The van der Waals surface area contributed by atoms with Crippen molar-refractivity contribution in [3.05, 3.63) is 63.6 Å². The Hall–Kier alpha value is -2.51. The molecule has 2 aromatic rings. The maximum Gasteiger partial charge on any atom is 0.272 e. The number of hydrogen-bond acceptors (Lipinski definition) is 4. The third-order valence-electron chi connectivity index (χ3n) is 5.80. The molecule has 1 spiro atoms. The van der Waals surface area contributed by atoms with Crippen molar-refractivity contribution in [2.24, 2.45) is 4.99 Å². The van der Waals surface area contributed by atoms with Gasteiger partial charge in [0.2, 0.25) is 5.91 Å². The zero-order valence-electron chi connectivity index (χ0n) is 17.2. The Kier molecular flexibility index (Phi) is 5.75. The summed E-state index contributed by atoms with van der Waals surface area (Å²) in [6.07, 6.45) is 1.38. The molecule has 2 aromatic carbocycles. The smallest absolute Gasteiger partial charge is 0.272 e. The molecule has 7 heteroatoms. The van der Waals surface area contributed by atoms with E-state index in [0.29, 0.717) is 38.2 Å². The van der Waals surface area contributed by atoms with Crippen LogP contribution in [0.4, 0.5) is 5.69 Å². The fourth-order valence-corrected chi connectivity index (χ4v) is 4.34. The lowest BCUT2D eigenvalue weighted by molar-refractivity contribution is -0.119. The first kappa shape index (κ1) is 20.8. The summed E-state index contributed by atoms with van der Waals surface area (Å²) >= 11 is 3.42. The summed E-state index contributed by atoms with van der Waals surface area (Å²) in [6.45, 7) is 5.74. The van der Waals surface area contributed by atoms with E-state index in [1.807, 2.05) is 56.3 Å². The van der Waals surface area contributed by atoms with Gasteiger partial charge in [0, 0.05) is 41.7 Å². The van der Waals surface area contributed by atoms with Crippen LogP contribution in [0.3, 0.4) is 0 Å². The standard InChI is InChI=1S/C23H25BrN4O2/c1-15-4-3-5-16(2)20(15)25-19(29)14-28-12-10-23(11-13-28)26-21(22(30)27-23)17-6-8-18(24)9-7-17/h3-9H,10-14H2,1-2H3,(H,25,29)(H,27,30). The van der Waals surface area contributed by atoms with Gasteiger partial charge in [-0.2, -0.15) is 0 Å². The Morgan fingerprint density at radius 3 is 2.40 bits per heavy atom. The second kappa shape index (κ2) is 8.32. The third-order valence-corrected chi connectivity index (χ3v) is 6.33. The average Bonchev–Trinajstić information content (AvgIpc) is 3.03. The number of halogens is 1. The van der Waals surface area contributed by atoms with Crippen molar-refractivity contribution in [1.29, 1.82) is 0 Å². The number of benzene rings is 2. The molecule has 0 atom stereocenters. The number of likely N-dealkylation sites (tertiary alicyclic amines) is 1. The van der Waals surface area contributed by atoms with E-state index in [9.17, 15) is 9.59 Å². The fraction of sp³-hybridized carbons (Fsp3) is 0.348. The number of piperidine rings is 1. The van der Waals surface area contributed by atoms with E-state index in [1.165, 1.54) is 0 Å². The van der Waals surface area contributed by atoms with Crippen LogP contribution in [0.25, 0.3) is 0 Å². The highest BCUT2D eigenvalue weighted by Crippen LogP contribution is 2.29. The number of hydrogen-bond donors (Lipinski definition) is 2. The number of anilines is 1. The van der Waals surface area contributed by atoms with Crippen LogP contribution in [0.5, 0.6) is 0 Å². The van der Waals surface area contributed by atoms with Gasteiger partial charge in [-0.05, 0) is 37.1 Å². The predicted octanol–water partition coefficient (Wildman–Crippen LogP) is 3.42. The van der Waals surface area contributed by atoms with Crippen molar-refractivity contribution in [1.82, 2.24) is 10.2 Å². The Bertz CT molecular complexity index is 988. The second-order valence-corrected chi connectivity index (χ2v) is 8.96. The van der Waals surface area contributed by atoms with Crippen LogP contribution >= 0.6 is 15.9 Å². The van der Waals surface area contributed by atoms with Gasteiger partial charge in [0.1, 0.15) is 11.4 Å². The van der Waals surface area contributed by atoms with E-state index in [1.54, 1.807) is 0 Å². The molecule has 0 bridgehead atoms. The molecule has 0 aliphatic carbocycles. The molecular weight excluding hydrogens is 444 g/mol. The lowest BCUT2D eigenvalue weighted by Gasteiger charge is -2.36. The molecule has 0 radical (unpaired) electrons. The SMILES string of the molecule is Cc1cccc(C)c1NC(=O)CN1CCC2(CC1)N=C(c1ccc(Br)cc1)C(=O)N2. The van der Waals surface area contributed by atoms with Crippen LogP contribution in [0, 0.1) is 13.8 Å². The fourth-order valence-electron chi connectivity index (χ4n) is 4.08. The van der Waals surface area contributed by atoms with Crippen molar-refractivity contribution in [3.8, 4) is 0 Å². The van der Waals surface area contributed by atoms with E-state index in [-0.39, 0.29) is 11.8 Å². The van der Waals surface area contributed by atoms with Gasteiger partial charge < -0.3 is 10.6 Å². The number of nitrogens with zero attached hydrogens (tertiary/aromatic N) is 2. The molecule has 0 saturated carbocycles. The van der Waals surface area contributed by atoms with Gasteiger partial charge in [-0.25, -0.2) is 0 Å². The second-order valence-electron chi connectivity index (χ2n) is 8.04. The van der Waals surface area contributed by atoms with Gasteiger partial charge in [-0.1, -0.05) is 46.3 Å². The highest BCUT2D eigenvalue weighted by molar-refractivity contribution is 9.10. The molecule has 2 heterocycles. The zero-order chi connectivity index (χ0) is 21.3. The van der Waals surface area contributed by atoms with Crippen LogP contribution in [0.2, 0.25) is 0 Å². The lowest BCUT2D eigenvalue weighted by atomic mass is 9.98. The molecule has 4 rings (SSSR count). The number of aryl methyl sites for hydroxylation is 2. The molecule has 2 aliphatic rings. The number of carbonyl (C=O) groups is 2. The Labute approximate surface area is 184 Å². The number of amides is 2. The minimum atomic E-state index is -0.556. The van der Waals surface area contributed by atoms with Crippen LogP contribution in [-0.2, 0) is 9.59 Å². The van der Waals surface area contributed by atoms with Gasteiger partial charge in [-0.3, -0.25) is 19.5 Å². The summed E-state index contributed by atoms with van der Waals surface area (Å²) in [6, 6.07) is 13.6. The summed E-state index contributed by atoms with van der Waals surface area (Å²) in [4.78, 5) is 32.0. The molecular formula is C23H25BrN4O2. The van der Waals surface area contributed by atoms with E-state index in [4.69, 9.17) is 4.99 Å². The maximum atomic E-state index is 12.6. The molecule has 30 heavy (non-hydrogen) atoms. The van der Waals surface area contributed by atoms with Crippen molar-refractivity contribution in [3.63, 3.8) is 0 Å². The summed E-state index contributed by atoms with van der Waals surface area (Å²) in [5.74, 6) is -0.142. The number of rotatable bonds is 4. The average molecular weight is 469 g/mol. The van der Waals surface area contributed by atoms with Gasteiger partial charge in [0.05, 0.1) is 6.54 Å². The Balaban J connectivity index is 1.37. The monoisotopic (exact) mass is 468 g/mol. The number of para-hydroxylation sites is 1. The molecule has 1 saturated heterocycles. The molecule has 2 aliphatic heterocycles. The van der Waals surface area contributed by atoms with Crippen LogP contribution in [0.15, 0.2) is 51.9 Å². The molecule has 2 amide bonds. The summed E-state index contributed by atoms with van der Waals surface area (Å²) in [5, 5.41) is 6.12. The van der Waals surface area contributed by atoms with Gasteiger partial charge in [0.25, 0.3) is 5.91 Å². The van der Waals surface area contributed by atoms with Crippen molar-refractivity contribution in [2.45, 2.75) is 32.4 Å². The third kappa shape index (κ3) is 4.32. The minimum Gasteiger partial charge on any atom is -0.326 e. The number of carbonyl (C=O) groups excluding carboxylic acids is 2. The summed E-state index contributed by atoms with van der Waals surface area (Å²) in [5.41, 5.74) is 3.77. The molecule has 0 aromatic heterocycles. The topological polar surface area (TPSA) is 73.8 Å². The van der Waals surface area contributed by atoms with Gasteiger partial charge in [0.15, 0.2) is 0 Å². The first-order valence-electron chi connectivity index (χ1n) is 10.1. The quantitative estimate of drug-likeness (QED) is 0.721. The molecule has 6 nitrogen and oxygen atoms in total. The molecule has 156 valence electrons. The largest absolute Gasteiger partial charge is 0.326 e. The predicted molar refractivity (Wildman–Crippen MR) is 122 cm³/mol. The van der Waals surface area contributed by atoms with E-state index < -0.39 is 5.66 Å². The van der Waals surface area contributed by atoms with Crippen molar-refractivity contribution >= 4 is 39.1 Å². The van der Waals surface area contributed by atoms with Crippen LogP contribution in [-0.4, -0.2) is 47.7 Å². The molecule has 0 unspecified atom stereocenters. The maximum absolute atomic E-state index is 12.6. The lowest BCUT2D eigenvalue weighted by Crippen LogP contribution is -2.52. The van der Waals surface area contributed by atoms with Gasteiger partial charge in [-0.15, -0.1) is 0 Å². The van der Waals surface area contributed by atoms with Crippen molar-refractivity contribution in [2.75, 3.05) is 25.0 Å². The minimum absolute atomic E-state index is 0.0159. The van der Waals surface area contributed by atoms with Crippen LogP contribution in [0.1, 0.15) is 29.5 Å². The highest BCUT2D eigenvalue weighted by Gasteiger charge is 2.42. The molecule has 2 N–H and O–H groups in total. The first-order chi connectivity index (χ1) is 14.3. The highest BCUT2D eigenvalue weighted by atomic mass is 79.9. The number of aliphatic imine (C=N–C) groups is 1. The number of nitrogens with one attached hydrogen (secondary N) is 2. The van der Waals surface area contributed by atoms with E-state index in [0.717, 1.165) is 26.9 Å². The van der Waals surface area contributed by atoms with E-state index in [2.05, 4.69) is 31.5 Å². The Morgan fingerprint density at radius 2 is 1.77 bits per heavy atom. The summed E-state index contributed by atoms with van der Waals surface area (Å²) in [7, 11) is 0. The molecule has 1 fully saturated rings. The Morgan fingerprint density at radius 1 is 1.13 bits per heavy atom. The van der Waals surface area contributed by atoms with Gasteiger partial charge >= 0.3 is 0 Å². The first-order valence-corrected chi connectivity index (χ1v) is 10.9. The van der Waals surface area contributed by atoms with Crippen LogP contribution < -0.4 is 10.6 Å². The summed E-state index contributed by atoms with van der Waals surface area (Å²) < 4.78 is 0.965. The normalized spacial score (nSPS) is 18.2. The zero-order valence-corrected chi connectivity index (χ0v) is 18.8.